The monoisotopic (exact) mass is 379 g/mol. The van der Waals surface area contributed by atoms with E-state index >= 15 is 0 Å². The van der Waals surface area contributed by atoms with Crippen LogP contribution >= 0.6 is 15.9 Å². The predicted molar refractivity (Wildman–Crippen MR) is 93.2 cm³/mol. The summed E-state index contributed by atoms with van der Waals surface area (Å²) in [7, 11) is 0. The summed E-state index contributed by atoms with van der Waals surface area (Å²) in [6, 6.07) is 4.96. The Morgan fingerprint density at radius 2 is 2.00 bits per heavy atom. The summed E-state index contributed by atoms with van der Waals surface area (Å²) in [5.74, 6) is 1.14. The van der Waals surface area contributed by atoms with Gasteiger partial charge in [0, 0.05) is 10.7 Å². The maximum absolute atomic E-state index is 13.9. The number of nitrogens with one attached hydrogen (secondary N) is 1. The number of hydrogen-bond donors (Lipinski definition) is 1. The van der Waals surface area contributed by atoms with E-state index in [1.54, 1.807) is 6.07 Å². The second kappa shape index (κ2) is 5.30. The molecule has 0 saturated heterocycles. The molecule has 4 aliphatic carbocycles. The normalized spacial score (nSPS) is 37.9. The summed E-state index contributed by atoms with van der Waals surface area (Å²) >= 11 is 3.98. The minimum atomic E-state index is -0.346. The van der Waals surface area contributed by atoms with Gasteiger partial charge in [0.15, 0.2) is 0 Å². The van der Waals surface area contributed by atoms with Gasteiger partial charge in [0.2, 0.25) is 5.91 Å². The Hall–Kier alpha value is -0.900. The molecule has 124 valence electrons. The number of anilines is 1. The first-order valence-electron chi connectivity index (χ1n) is 8.60. The maximum Gasteiger partial charge on any atom is 0.225 e. The Morgan fingerprint density at radius 1 is 1.30 bits per heavy atom. The van der Waals surface area contributed by atoms with E-state index in [9.17, 15) is 9.18 Å². The fraction of sp³-hybridized carbons (Fsp3) is 0.632. The lowest BCUT2D eigenvalue weighted by molar-refractivity contribution is -0.123. The molecule has 5 rings (SSSR count). The van der Waals surface area contributed by atoms with Crippen molar-refractivity contribution in [2.75, 3.05) is 5.32 Å². The molecule has 2 atom stereocenters. The third-order valence-electron chi connectivity index (χ3n) is 6.05. The van der Waals surface area contributed by atoms with Crippen molar-refractivity contribution in [3.05, 3.63) is 29.6 Å². The lowest BCUT2D eigenvalue weighted by atomic mass is 9.48. The number of carbonyl (C=O) groups is 1. The lowest BCUT2D eigenvalue weighted by Crippen LogP contribution is -2.53. The van der Waals surface area contributed by atoms with Crippen molar-refractivity contribution in [2.45, 2.75) is 56.2 Å². The number of amides is 1. The zero-order valence-corrected chi connectivity index (χ0v) is 15.1. The second-order valence-corrected chi connectivity index (χ2v) is 10.0. The molecule has 0 aromatic heterocycles. The van der Waals surface area contributed by atoms with E-state index in [1.165, 1.54) is 38.2 Å². The molecule has 2 unspecified atom stereocenters. The highest BCUT2D eigenvalue weighted by Crippen LogP contribution is 2.65. The average Bonchev–Trinajstić information content (AvgIpc) is 2.38. The fourth-order valence-electron chi connectivity index (χ4n) is 5.80. The van der Waals surface area contributed by atoms with E-state index < -0.39 is 0 Å². The van der Waals surface area contributed by atoms with Gasteiger partial charge in [-0.1, -0.05) is 22.0 Å². The minimum Gasteiger partial charge on any atom is -0.324 e. The molecular weight excluding hydrogens is 357 g/mol. The number of hydrogen-bond acceptors (Lipinski definition) is 1. The second-order valence-electron chi connectivity index (χ2n) is 8.32. The van der Waals surface area contributed by atoms with Gasteiger partial charge in [-0.15, -0.1) is 0 Å². The predicted octanol–water partition coefficient (Wildman–Crippen LogP) is 5.20. The molecule has 4 bridgehead atoms. The van der Waals surface area contributed by atoms with Crippen LogP contribution in [-0.4, -0.2) is 10.2 Å². The molecule has 1 aromatic carbocycles. The number of carbonyl (C=O) groups excluding carboxylic acids is 1. The zero-order chi connectivity index (χ0) is 16.2. The molecule has 1 amide bonds. The molecule has 0 spiro atoms. The van der Waals surface area contributed by atoms with Crippen LogP contribution in [0.3, 0.4) is 0 Å². The van der Waals surface area contributed by atoms with Gasteiger partial charge in [-0.3, -0.25) is 4.79 Å². The van der Waals surface area contributed by atoms with Crippen molar-refractivity contribution >= 4 is 27.5 Å². The molecule has 4 fully saturated rings. The summed E-state index contributed by atoms with van der Waals surface area (Å²) in [5.41, 5.74) is 1.29. The lowest BCUT2D eigenvalue weighted by Gasteiger charge is -2.60. The van der Waals surface area contributed by atoms with E-state index in [4.69, 9.17) is 0 Å². The molecule has 1 N–H and O–H groups in total. The quantitative estimate of drug-likeness (QED) is 0.718. The molecule has 2 nitrogen and oxygen atoms in total. The number of rotatable bonds is 3. The fourth-order valence-corrected chi connectivity index (χ4v) is 7.31. The summed E-state index contributed by atoms with van der Waals surface area (Å²) in [6.45, 7) is 1.85. The van der Waals surface area contributed by atoms with Crippen LogP contribution in [0.5, 0.6) is 0 Å². The SMILES string of the molecule is Cc1ccc(NC(=O)CC23CC4CC(CC(Br)(C4)C2)C3)c(F)c1. The smallest absolute Gasteiger partial charge is 0.225 e. The molecule has 4 heteroatoms. The van der Waals surface area contributed by atoms with Crippen LogP contribution in [0.4, 0.5) is 10.1 Å². The standard InChI is InChI=1S/C19H23BrFNO/c1-12-2-3-16(15(21)4-12)22-17(23)10-18-6-13-5-14(7-18)9-19(20,8-13)11-18/h2-4,13-14H,5-11H2,1H3,(H,22,23). The van der Waals surface area contributed by atoms with Crippen LogP contribution < -0.4 is 5.32 Å². The van der Waals surface area contributed by atoms with Crippen LogP contribution in [0.1, 0.15) is 50.5 Å². The first-order valence-corrected chi connectivity index (χ1v) is 9.39. The van der Waals surface area contributed by atoms with E-state index in [0.29, 0.717) is 12.1 Å². The van der Waals surface area contributed by atoms with Gasteiger partial charge in [0.25, 0.3) is 0 Å². The number of benzene rings is 1. The number of aryl methyl sites for hydroxylation is 1. The Balaban J connectivity index is 1.48. The molecule has 0 heterocycles. The molecule has 4 aliphatic rings. The minimum absolute atomic E-state index is 0.0363. The van der Waals surface area contributed by atoms with Crippen molar-refractivity contribution in [1.29, 1.82) is 0 Å². The molecule has 4 saturated carbocycles. The molecular formula is C19H23BrFNO. The molecule has 0 aliphatic heterocycles. The Labute approximate surface area is 145 Å². The highest BCUT2D eigenvalue weighted by atomic mass is 79.9. The largest absolute Gasteiger partial charge is 0.324 e. The summed E-state index contributed by atoms with van der Waals surface area (Å²) < 4.78 is 14.2. The molecule has 0 radical (unpaired) electrons. The van der Waals surface area contributed by atoms with Crippen LogP contribution in [-0.2, 0) is 4.79 Å². The van der Waals surface area contributed by atoms with Crippen LogP contribution in [0.15, 0.2) is 18.2 Å². The topological polar surface area (TPSA) is 29.1 Å². The molecule has 23 heavy (non-hydrogen) atoms. The summed E-state index contributed by atoms with van der Waals surface area (Å²) in [6.07, 6.45) is 7.82. The number of alkyl halides is 1. The van der Waals surface area contributed by atoms with Crippen molar-refractivity contribution < 1.29 is 9.18 Å². The Morgan fingerprint density at radius 3 is 2.61 bits per heavy atom. The van der Waals surface area contributed by atoms with E-state index in [-0.39, 0.29) is 21.5 Å². The summed E-state index contributed by atoms with van der Waals surface area (Å²) in [5, 5.41) is 2.80. The van der Waals surface area contributed by atoms with Gasteiger partial charge in [-0.2, -0.15) is 0 Å². The van der Waals surface area contributed by atoms with Gasteiger partial charge in [0.05, 0.1) is 5.69 Å². The Bertz CT molecular complexity index is 645. The van der Waals surface area contributed by atoms with Gasteiger partial charge in [-0.25, -0.2) is 4.39 Å². The van der Waals surface area contributed by atoms with Crippen LogP contribution in [0, 0.1) is 30.0 Å². The van der Waals surface area contributed by atoms with Gasteiger partial charge in [-0.05, 0) is 80.4 Å². The number of halogens is 2. The van der Waals surface area contributed by atoms with Crippen LogP contribution in [0.2, 0.25) is 0 Å². The van der Waals surface area contributed by atoms with Gasteiger partial charge < -0.3 is 5.32 Å². The first kappa shape index (κ1) is 15.6. The Kier molecular flexibility index (Phi) is 3.60. The third kappa shape index (κ3) is 2.95. The van der Waals surface area contributed by atoms with E-state index in [0.717, 1.165) is 23.8 Å². The van der Waals surface area contributed by atoms with E-state index in [2.05, 4.69) is 21.2 Å². The van der Waals surface area contributed by atoms with Crippen LogP contribution in [0.25, 0.3) is 0 Å². The molecule has 1 aromatic rings. The summed E-state index contributed by atoms with van der Waals surface area (Å²) in [4.78, 5) is 12.5. The van der Waals surface area contributed by atoms with E-state index in [1.807, 2.05) is 13.0 Å². The van der Waals surface area contributed by atoms with Gasteiger partial charge in [0.1, 0.15) is 5.82 Å². The first-order chi connectivity index (χ1) is 10.8. The maximum atomic E-state index is 13.9. The third-order valence-corrected chi connectivity index (χ3v) is 6.97. The van der Waals surface area contributed by atoms with Gasteiger partial charge >= 0.3 is 0 Å². The highest BCUT2D eigenvalue weighted by molar-refractivity contribution is 9.10. The van der Waals surface area contributed by atoms with Crippen molar-refractivity contribution in [2.24, 2.45) is 17.3 Å². The average molecular weight is 380 g/mol. The van der Waals surface area contributed by atoms with Crippen molar-refractivity contribution in [1.82, 2.24) is 0 Å². The zero-order valence-electron chi connectivity index (χ0n) is 13.5. The van der Waals surface area contributed by atoms with Crippen molar-refractivity contribution in [3.8, 4) is 0 Å². The highest BCUT2D eigenvalue weighted by Gasteiger charge is 2.57. The van der Waals surface area contributed by atoms with Crippen molar-refractivity contribution in [3.63, 3.8) is 0 Å².